The van der Waals surface area contributed by atoms with Gasteiger partial charge in [0.1, 0.15) is 4.90 Å². The third-order valence-corrected chi connectivity index (χ3v) is 4.09. The van der Waals surface area contributed by atoms with Gasteiger partial charge in [-0.3, -0.25) is 14.6 Å². The second-order valence-electron chi connectivity index (χ2n) is 4.10. The molecule has 7 heteroatoms. The highest BCUT2D eigenvalue weighted by Gasteiger charge is 2.18. The molecule has 0 unspecified atom stereocenters. The van der Waals surface area contributed by atoms with Crippen LogP contribution in [0.4, 0.5) is 5.69 Å². The van der Waals surface area contributed by atoms with Gasteiger partial charge in [-0.15, -0.1) is 0 Å². The Labute approximate surface area is 110 Å². The van der Waals surface area contributed by atoms with Crippen molar-refractivity contribution in [2.75, 3.05) is 4.72 Å². The quantitative estimate of drug-likeness (QED) is 0.833. The Balaban J connectivity index is 2.34. The minimum Gasteiger partial charge on any atom is -0.295 e. The van der Waals surface area contributed by atoms with Gasteiger partial charge < -0.3 is 0 Å². The number of aromatic nitrogens is 2. The van der Waals surface area contributed by atoms with Gasteiger partial charge in [0.25, 0.3) is 10.0 Å². The molecule has 0 aliphatic heterocycles. The molecule has 0 bridgehead atoms. The maximum atomic E-state index is 12.1. The fourth-order valence-electron chi connectivity index (χ4n) is 1.62. The molecule has 0 radical (unpaired) electrons. The summed E-state index contributed by atoms with van der Waals surface area (Å²) in [5.41, 5.74) is 1.24. The molecule has 0 aliphatic rings. The van der Waals surface area contributed by atoms with E-state index in [1.165, 1.54) is 19.2 Å². The van der Waals surface area contributed by atoms with Gasteiger partial charge in [-0.2, -0.15) is 5.10 Å². The summed E-state index contributed by atoms with van der Waals surface area (Å²) in [6.07, 6.45) is 1.24. The summed E-state index contributed by atoms with van der Waals surface area (Å²) in [7, 11) is -3.70. The topological polar surface area (TPSA) is 91.9 Å². The maximum absolute atomic E-state index is 12.1. The lowest BCUT2D eigenvalue weighted by molar-refractivity contribution is 0.101. The number of sulfonamides is 1. The number of hydrogen-bond donors (Lipinski definition) is 2. The first-order valence-electron chi connectivity index (χ1n) is 5.54. The summed E-state index contributed by atoms with van der Waals surface area (Å²) < 4.78 is 26.6. The van der Waals surface area contributed by atoms with E-state index in [0.717, 1.165) is 0 Å². The molecule has 1 aromatic heterocycles. The molecule has 0 aliphatic carbocycles. The van der Waals surface area contributed by atoms with Crippen LogP contribution in [-0.4, -0.2) is 24.4 Å². The van der Waals surface area contributed by atoms with E-state index in [1.54, 1.807) is 25.1 Å². The molecule has 6 nitrogen and oxygen atoms in total. The van der Waals surface area contributed by atoms with Crippen LogP contribution in [0.5, 0.6) is 0 Å². The van der Waals surface area contributed by atoms with E-state index in [4.69, 9.17) is 0 Å². The predicted molar refractivity (Wildman–Crippen MR) is 70.6 cm³/mol. The van der Waals surface area contributed by atoms with Gasteiger partial charge in [0.05, 0.1) is 11.9 Å². The van der Waals surface area contributed by atoms with Crippen LogP contribution in [0.15, 0.2) is 35.4 Å². The fourth-order valence-corrected chi connectivity index (χ4v) is 2.81. The lowest BCUT2D eigenvalue weighted by Gasteiger charge is -2.07. The molecule has 0 saturated heterocycles. The molecule has 0 fully saturated rings. The van der Waals surface area contributed by atoms with E-state index in [2.05, 4.69) is 14.9 Å². The lowest BCUT2D eigenvalue weighted by Crippen LogP contribution is -2.13. The number of rotatable bonds is 4. The van der Waals surface area contributed by atoms with Crippen LogP contribution >= 0.6 is 0 Å². The molecule has 2 rings (SSSR count). The number of Topliss-reactive ketones (excluding diaryl/α,β-unsaturated/α-hetero) is 1. The zero-order valence-corrected chi connectivity index (χ0v) is 11.3. The average molecular weight is 279 g/mol. The third kappa shape index (κ3) is 2.82. The summed E-state index contributed by atoms with van der Waals surface area (Å²) in [5, 5.41) is 6.24. The molecule has 2 aromatic rings. The van der Waals surface area contributed by atoms with Crippen LogP contribution in [0.25, 0.3) is 0 Å². The Morgan fingerprint density at radius 1 is 1.37 bits per heavy atom. The predicted octanol–water partition coefficient (Wildman–Crippen LogP) is 1.72. The number of nitrogens with one attached hydrogen (secondary N) is 2. The largest absolute Gasteiger partial charge is 0.295 e. The van der Waals surface area contributed by atoms with E-state index < -0.39 is 10.0 Å². The molecule has 2 N–H and O–H groups in total. The summed E-state index contributed by atoms with van der Waals surface area (Å²) in [4.78, 5) is 11.3. The Morgan fingerprint density at radius 3 is 2.68 bits per heavy atom. The molecule has 100 valence electrons. The summed E-state index contributed by atoms with van der Waals surface area (Å²) in [5.74, 6) is -0.125. The Morgan fingerprint density at radius 2 is 2.11 bits per heavy atom. The van der Waals surface area contributed by atoms with Crippen LogP contribution in [0.3, 0.4) is 0 Å². The number of benzene rings is 1. The summed E-state index contributed by atoms with van der Waals surface area (Å²) in [6.45, 7) is 3.04. The van der Waals surface area contributed by atoms with Gasteiger partial charge in [-0.05, 0) is 26.0 Å². The number of ketones is 1. The molecule has 19 heavy (non-hydrogen) atoms. The van der Waals surface area contributed by atoms with Gasteiger partial charge in [0.15, 0.2) is 5.78 Å². The van der Waals surface area contributed by atoms with Crippen molar-refractivity contribution in [1.82, 2.24) is 10.2 Å². The average Bonchev–Trinajstić information content (AvgIpc) is 2.76. The van der Waals surface area contributed by atoms with Crippen LogP contribution in [0.2, 0.25) is 0 Å². The number of carbonyl (C=O) groups excluding carboxylic acids is 1. The highest BCUT2D eigenvalue weighted by atomic mass is 32.2. The number of carbonyl (C=O) groups is 1. The summed E-state index contributed by atoms with van der Waals surface area (Å²) >= 11 is 0. The maximum Gasteiger partial charge on any atom is 0.265 e. The zero-order valence-electron chi connectivity index (χ0n) is 10.5. The van der Waals surface area contributed by atoms with Gasteiger partial charge in [-0.25, -0.2) is 8.42 Å². The van der Waals surface area contributed by atoms with Crippen molar-refractivity contribution >= 4 is 21.5 Å². The highest BCUT2D eigenvalue weighted by Crippen LogP contribution is 2.18. The van der Waals surface area contributed by atoms with Crippen molar-refractivity contribution in [3.8, 4) is 0 Å². The van der Waals surface area contributed by atoms with Gasteiger partial charge >= 0.3 is 0 Å². The molecule has 1 aromatic carbocycles. The van der Waals surface area contributed by atoms with Crippen LogP contribution < -0.4 is 4.72 Å². The highest BCUT2D eigenvalue weighted by molar-refractivity contribution is 7.92. The van der Waals surface area contributed by atoms with E-state index >= 15 is 0 Å². The second kappa shape index (κ2) is 4.85. The molecule has 0 amide bonds. The third-order valence-electron chi connectivity index (χ3n) is 2.59. The van der Waals surface area contributed by atoms with Crippen molar-refractivity contribution in [2.24, 2.45) is 0 Å². The minimum atomic E-state index is -3.70. The second-order valence-corrected chi connectivity index (χ2v) is 5.75. The Bertz CT molecular complexity index is 719. The number of H-pyrrole nitrogens is 1. The molecule has 0 saturated carbocycles. The normalized spacial score (nSPS) is 11.3. The first-order valence-corrected chi connectivity index (χ1v) is 7.02. The first-order chi connectivity index (χ1) is 8.90. The fraction of sp³-hybridized carbons (Fsp3) is 0.167. The lowest BCUT2D eigenvalue weighted by atomic mass is 10.1. The molecule has 1 heterocycles. The number of aryl methyl sites for hydroxylation is 1. The van der Waals surface area contributed by atoms with Crippen LogP contribution in [0.1, 0.15) is 23.0 Å². The molecule has 0 atom stereocenters. The number of aromatic amines is 1. The standard InChI is InChI=1S/C12H13N3O3S/c1-8-12(7-13-14-8)19(17,18)15-11-5-3-4-10(6-11)9(2)16/h3-7,15H,1-2H3,(H,13,14). The van der Waals surface area contributed by atoms with Crippen molar-refractivity contribution in [3.05, 3.63) is 41.7 Å². The van der Waals surface area contributed by atoms with Crippen molar-refractivity contribution < 1.29 is 13.2 Å². The number of anilines is 1. The van der Waals surface area contributed by atoms with E-state index in [-0.39, 0.29) is 10.7 Å². The van der Waals surface area contributed by atoms with Crippen molar-refractivity contribution in [2.45, 2.75) is 18.7 Å². The number of hydrogen-bond acceptors (Lipinski definition) is 4. The Kier molecular flexibility index (Phi) is 3.39. The summed E-state index contributed by atoms with van der Waals surface area (Å²) in [6, 6.07) is 6.33. The van der Waals surface area contributed by atoms with Gasteiger partial charge in [-0.1, -0.05) is 12.1 Å². The SMILES string of the molecule is CC(=O)c1cccc(NS(=O)(=O)c2cn[nH]c2C)c1. The van der Waals surface area contributed by atoms with Crippen LogP contribution in [0, 0.1) is 6.92 Å². The van der Waals surface area contributed by atoms with E-state index in [1.807, 2.05) is 0 Å². The molecular formula is C12H13N3O3S. The van der Waals surface area contributed by atoms with E-state index in [9.17, 15) is 13.2 Å². The number of nitrogens with zero attached hydrogens (tertiary/aromatic N) is 1. The van der Waals surface area contributed by atoms with Crippen molar-refractivity contribution in [3.63, 3.8) is 0 Å². The zero-order chi connectivity index (χ0) is 14.0. The monoisotopic (exact) mass is 279 g/mol. The van der Waals surface area contributed by atoms with E-state index in [0.29, 0.717) is 16.9 Å². The first kappa shape index (κ1) is 13.3. The van der Waals surface area contributed by atoms with Gasteiger partial charge in [0, 0.05) is 11.3 Å². The molecule has 0 spiro atoms. The Hall–Kier alpha value is -2.15. The van der Waals surface area contributed by atoms with Crippen molar-refractivity contribution in [1.29, 1.82) is 0 Å². The van der Waals surface area contributed by atoms with Crippen LogP contribution in [-0.2, 0) is 10.0 Å². The smallest absolute Gasteiger partial charge is 0.265 e. The minimum absolute atomic E-state index is 0.0840. The molecular weight excluding hydrogens is 266 g/mol. The van der Waals surface area contributed by atoms with Gasteiger partial charge in [0.2, 0.25) is 0 Å².